The first-order valence-corrected chi connectivity index (χ1v) is 7.55. The van der Waals surface area contributed by atoms with Gasteiger partial charge in [-0.25, -0.2) is 4.98 Å². The van der Waals surface area contributed by atoms with Crippen LogP contribution in [0.15, 0.2) is 11.3 Å². The van der Waals surface area contributed by atoms with E-state index in [1.165, 1.54) is 0 Å². The molecule has 1 aliphatic heterocycles. The van der Waals surface area contributed by atoms with Crippen molar-refractivity contribution in [1.82, 2.24) is 30.3 Å². The fraction of sp³-hybridized carbons (Fsp3) is 0.786. The largest absolute Gasteiger partial charge is 0.352 e. The lowest BCUT2D eigenvalue weighted by Crippen LogP contribution is -2.46. The summed E-state index contributed by atoms with van der Waals surface area (Å²) in [5.74, 6) is 2.32. The zero-order valence-corrected chi connectivity index (χ0v) is 13.7. The predicted molar refractivity (Wildman–Crippen MR) is 84.0 cm³/mol. The van der Waals surface area contributed by atoms with Gasteiger partial charge in [-0.3, -0.25) is 14.6 Å². The van der Waals surface area contributed by atoms with Gasteiger partial charge < -0.3 is 10.6 Å². The van der Waals surface area contributed by atoms with Crippen molar-refractivity contribution in [3.8, 4) is 0 Å². The van der Waals surface area contributed by atoms with Gasteiger partial charge in [0, 0.05) is 39.3 Å². The van der Waals surface area contributed by atoms with E-state index in [0.717, 1.165) is 24.9 Å². The summed E-state index contributed by atoms with van der Waals surface area (Å²) >= 11 is 0. The fourth-order valence-corrected chi connectivity index (χ4v) is 2.63. The van der Waals surface area contributed by atoms with Crippen LogP contribution in [-0.2, 0) is 13.6 Å². The molecule has 0 aromatic carbocycles. The van der Waals surface area contributed by atoms with E-state index in [1.807, 2.05) is 7.05 Å². The highest BCUT2D eigenvalue weighted by molar-refractivity contribution is 5.79. The third kappa shape index (κ3) is 3.93. The third-order valence-corrected chi connectivity index (χ3v) is 4.14. The molecule has 0 spiro atoms. The van der Waals surface area contributed by atoms with E-state index in [9.17, 15) is 0 Å². The maximum atomic E-state index is 4.30. The standard InChI is InChI=1S/C14H27N7/c1-10(2)21-7-11(3)12(8-21)19-14(15-4)16-6-13-17-9-18-20(13)5/h9-12H,6-8H2,1-5H3,(H2,15,16,19). The van der Waals surface area contributed by atoms with E-state index in [2.05, 4.69) is 51.4 Å². The van der Waals surface area contributed by atoms with E-state index in [1.54, 1.807) is 18.1 Å². The molecule has 0 saturated carbocycles. The molecule has 21 heavy (non-hydrogen) atoms. The molecule has 2 rings (SSSR count). The van der Waals surface area contributed by atoms with Crippen LogP contribution in [0.3, 0.4) is 0 Å². The van der Waals surface area contributed by atoms with Gasteiger partial charge in [0.25, 0.3) is 0 Å². The first-order valence-electron chi connectivity index (χ1n) is 7.55. The Bertz CT molecular complexity index is 479. The van der Waals surface area contributed by atoms with E-state index >= 15 is 0 Å². The summed E-state index contributed by atoms with van der Waals surface area (Å²) in [5.41, 5.74) is 0. The maximum absolute atomic E-state index is 4.30. The molecule has 0 aliphatic carbocycles. The Labute approximate surface area is 126 Å². The first-order chi connectivity index (χ1) is 10.0. The van der Waals surface area contributed by atoms with Crippen LogP contribution in [-0.4, -0.2) is 57.8 Å². The molecular formula is C14H27N7. The predicted octanol–water partition coefficient (Wildman–Crippen LogP) is 0.209. The average molecular weight is 293 g/mol. The minimum Gasteiger partial charge on any atom is -0.352 e. The van der Waals surface area contributed by atoms with E-state index in [0.29, 0.717) is 24.5 Å². The van der Waals surface area contributed by atoms with Gasteiger partial charge in [0.05, 0.1) is 6.54 Å². The Morgan fingerprint density at radius 2 is 2.24 bits per heavy atom. The van der Waals surface area contributed by atoms with Crippen molar-refractivity contribution in [1.29, 1.82) is 0 Å². The topological polar surface area (TPSA) is 70.4 Å². The van der Waals surface area contributed by atoms with E-state index in [4.69, 9.17) is 0 Å². The Hall–Kier alpha value is -1.63. The summed E-state index contributed by atoms with van der Waals surface area (Å²) < 4.78 is 1.76. The highest BCUT2D eigenvalue weighted by Crippen LogP contribution is 2.18. The smallest absolute Gasteiger partial charge is 0.191 e. The minimum atomic E-state index is 0.429. The molecular weight excluding hydrogens is 266 g/mol. The molecule has 0 radical (unpaired) electrons. The Kier molecular flexibility index (Phi) is 5.17. The van der Waals surface area contributed by atoms with Crippen molar-refractivity contribution in [3.63, 3.8) is 0 Å². The molecule has 0 bridgehead atoms. The van der Waals surface area contributed by atoms with Crippen molar-refractivity contribution in [3.05, 3.63) is 12.2 Å². The summed E-state index contributed by atoms with van der Waals surface area (Å²) in [6.07, 6.45) is 1.56. The monoisotopic (exact) mass is 293 g/mol. The second kappa shape index (κ2) is 6.89. The average Bonchev–Trinajstić information content (AvgIpc) is 3.01. The van der Waals surface area contributed by atoms with Crippen LogP contribution in [0, 0.1) is 5.92 Å². The van der Waals surface area contributed by atoms with Crippen LogP contribution in [0.2, 0.25) is 0 Å². The molecule has 1 aromatic heterocycles. The lowest BCUT2D eigenvalue weighted by Gasteiger charge is -2.21. The molecule has 2 atom stereocenters. The van der Waals surface area contributed by atoms with Crippen molar-refractivity contribution in [2.75, 3.05) is 20.1 Å². The van der Waals surface area contributed by atoms with Crippen molar-refractivity contribution >= 4 is 5.96 Å². The van der Waals surface area contributed by atoms with Gasteiger partial charge in [-0.1, -0.05) is 6.92 Å². The van der Waals surface area contributed by atoms with Crippen molar-refractivity contribution in [2.45, 2.75) is 39.4 Å². The van der Waals surface area contributed by atoms with Gasteiger partial charge in [0.1, 0.15) is 12.2 Å². The van der Waals surface area contributed by atoms with Crippen LogP contribution >= 0.6 is 0 Å². The molecule has 1 aliphatic rings. The first kappa shape index (κ1) is 15.8. The molecule has 1 saturated heterocycles. The second-order valence-electron chi connectivity index (χ2n) is 6.00. The zero-order valence-electron chi connectivity index (χ0n) is 13.7. The van der Waals surface area contributed by atoms with Crippen molar-refractivity contribution in [2.24, 2.45) is 18.0 Å². The fourth-order valence-electron chi connectivity index (χ4n) is 2.63. The molecule has 0 amide bonds. The van der Waals surface area contributed by atoms with Crippen LogP contribution < -0.4 is 10.6 Å². The van der Waals surface area contributed by atoms with Gasteiger partial charge in [-0.05, 0) is 19.8 Å². The highest BCUT2D eigenvalue weighted by Gasteiger charge is 2.31. The van der Waals surface area contributed by atoms with Crippen LogP contribution in [0.25, 0.3) is 0 Å². The van der Waals surface area contributed by atoms with Gasteiger partial charge in [-0.2, -0.15) is 5.10 Å². The molecule has 7 nitrogen and oxygen atoms in total. The van der Waals surface area contributed by atoms with Gasteiger partial charge in [0.2, 0.25) is 0 Å². The number of rotatable bonds is 4. The van der Waals surface area contributed by atoms with Crippen LogP contribution in [0.4, 0.5) is 0 Å². The lowest BCUT2D eigenvalue weighted by atomic mass is 10.1. The summed E-state index contributed by atoms with van der Waals surface area (Å²) in [7, 11) is 3.69. The van der Waals surface area contributed by atoms with Crippen LogP contribution in [0.1, 0.15) is 26.6 Å². The Morgan fingerprint density at radius 3 is 2.76 bits per heavy atom. The van der Waals surface area contributed by atoms with Gasteiger partial charge in [-0.15, -0.1) is 0 Å². The van der Waals surface area contributed by atoms with E-state index < -0.39 is 0 Å². The molecule has 7 heteroatoms. The van der Waals surface area contributed by atoms with Gasteiger partial charge >= 0.3 is 0 Å². The number of guanidine groups is 1. The molecule has 1 fully saturated rings. The lowest BCUT2D eigenvalue weighted by molar-refractivity contribution is 0.265. The molecule has 2 heterocycles. The Morgan fingerprint density at radius 1 is 1.48 bits per heavy atom. The Balaban J connectivity index is 1.87. The summed E-state index contributed by atoms with van der Waals surface area (Å²) in [5, 5.41) is 10.9. The number of likely N-dealkylation sites (tertiary alicyclic amines) is 1. The number of hydrogen-bond acceptors (Lipinski definition) is 4. The number of aromatic nitrogens is 3. The summed E-state index contributed by atoms with van der Waals surface area (Å²) in [6.45, 7) is 9.59. The summed E-state index contributed by atoms with van der Waals surface area (Å²) in [6, 6.07) is 1.02. The second-order valence-corrected chi connectivity index (χ2v) is 6.00. The van der Waals surface area contributed by atoms with Gasteiger partial charge in [0.15, 0.2) is 5.96 Å². The number of hydrogen-bond donors (Lipinski definition) is 2. The molecule has 2 unspecified atom stereocenters. The van der Waals surface area contributed by atoms with E-state index in [-0.39, 0.29) is 0 Å². The molecule has 1 aromatic rings. The third-order valence-electron chi connectivity index (χ3n) is 4.14. The number of nitrogens with one attached hydrogen (secondary N) is 2. The molecule has 118 valence electrons. The SMILES string of the molecule is CN=C(NCc1ncnn1C)NC1CN(C(C)C)CC1C. The summed E-state index contributed by atoms with van der Waals surface area (Å²) in [4.78, 5) is 11.0. The van der Waals surface area contributed by atoms with Crippen molar-refractivity contribution < 1.29 is 0 Å². The minimum absolute atomic E-state index is 0.429. The normalized spacial score (nSPS) is 23.8. The van der Waals surface area contributed by atoms with Crippen LogP contribution in [0.5, 0.6) is 0 Å². The number of aryl methyl sites for hydroxylation is 1. The number of aliphatic imine (C=N–C) groups is 1. The zero-order chi connectivity index (χ0) is 15.4. The highest BCUT2D eigenvalue weighted by atomic mass is 15.3. The molecule has 2 N–H and O–H groups in total. The maximum Gasteiger partial charge on any atom is 0.191 e. The quantitative estimate of drug-likeness (QED) is 0.613. The number of nitrogens with zero attached hydrogens (tertiary/aromatic N) is 5.